The van der Waals surface area contributed by atoms with Crippen LogP contribution in [0.25, 0.3) is 0 Å². The number of fused-ring (bicyclic) bond motifs is 10. The van der Waals surface area contributed by atoms with Crippen LogP contribution in [0, 0.1) is 57.2 Å². The lowest BCUT2D eigenvalue weighted by molar-refractivity contribution is -0.219. The highest BCUT2D eigenvalue weighted by Crippen LogP contribution is 2.71. The standard InChI is InChI=1S/C25H36O6.C22H29FO5.C3H6O2.C2H2O4/c1-4-5-21(30)31-25(20(29)14-26)11-9-18-17-7-6-15-12-16(27)8-10-23(15,2)22(17)19(28)13-24(18,25)3;1-12-8-16-15-5-4-13-9-14(25)6-7-19(13,2)21(15,23)17(26)10-20(16,3)22(12,28)18(27)11-24;1-2-3(4)5;3-1(4)2(5)6/h12,17-19,22,26,28H,4-11,13-14H2,1-3H3;6-7,9,12,15-17,24,26,28H,4-5,8,10-11H2,1-3H3;2H2,1H3,(H,4,5);(H,3,4)(H,5,6)/t17-,18-,19-,22+,23-,24-,25-;12-,15+,16+,17+,19+,20+,21+,22+;;/m01../s1. The van der Waals surface area contributed by atoms with Gasteiger partial charge >= 0.3 is 23.9 Å². The lowest BCUT2D eigenvalue weighted by Crippen LogP contribution is -2.69. The van der Waals surface area contributed by atoms with E-state index >= 15 is 4.39 Å². The summed E-state index contributed by atoms with van der Waals surface area (Å²) >= 11 is 0. The molecule has 390 valence electrons. The molecular weight excluding hydrogens is 916 g/mol. The van der Waals surface area contributed by atoms with E-state index in [9.17, 15) is 54.3 Å². The van der Waals surface area contributed by atoms with Crippen molar-refractivity contribution in [3.8, 4) is 0 Å². The van der Waals surface area contributed by atoms with E-state index in [-0.39, 0.29) is 59.9 Å². The molecule has 8 rings (SSSR count). The van der Waals surface area contributed by atoms with E-state index < -0.39 is 106 Å². The Balaban J connectivity index is 0.000000216. The second-order valence-corrected chi connectivity index (χ2v) is 21.9. The predicted molar refractivity (Wildman–Crippen MR) is 247 cm³/mol. The van der Waals surface area contributed by atoms with Crippen molar-refractivity contribution in [3.05, 3.63) is 35.5 Å². The number of allylic oxidation sites excluding steroid dienone is 5. The summed E-state index contributed by atoms with van der Waals surface area (Å²) in [5.74, 6) is -6.83. The number of ether oxygens (including phenoxy) is 1. The molecule has 18 heteroatoms. The number of hydrogen-bond donors (Lipinski definition) is 8. The zero-order chi connectivity index (χ0) is 52.7. The topological polar surface area (TPSA) is 308 Å². The number of Topliss-reactive ketones (excluding diaryl/α,β-unsaturated/α-hetero) is 2. The molecule has 0 bridgehead atoms. The number of ketones is 4. The molecule has 8 aliphatic carbocycles. The molecule has 0 heterocycles. The molecule has 0 radical (unpaired) electrons. The first-order valence-corrected chi connectivity index (χ1v) is 24.6. The Morgan fingerprint density at radius 3 is 1.93 bits per heavy atom. The molecule has 6 saturated carbocycles. The first-order chi connectivity index (χ1) is 32.5. The van der Waals surface area contributed by atoms with Gasteiger partial charge in [0, 0.05) is 41.4 Å². The molecule has 0 aliphatic heterocycles. The van der Waals surface area contributed by atoms with Gasteiger partial charge in [0.15, 0.2) is 28.6 Å². The number of rotatable bonds is 8. The average Bonchev–Trinajstić information content (AvgIpc) is 3.70. The van der Waals surface area contributed by atoms with Gasteiger partial charge in [0.05, 0.1) is 12.2 Å². The van der Waals surface area contributed by atoms with Crippen LogP contribution in [0.1, 0.15) is 138 Å². The van der Waals surface area contributed by atoms with E-state index in [0.717, 1.165) is 31.3 Å². The van der Waals surface area contributed by atoms with Crippen LogP contribution in [-0.4, -0.2) is 130 Å². The normalized spacial score (nSPS) is 41.7. The van der Waals surface area contributed by atoms with Gasteiger partial charge in [0.1, 0.15) is 18.8 Å². The van der Waals surface area contributed by atoms with E-state index in [0.29, 0.717) is 50.5 Å². The zero-order valence-electron chi connectivity index (χ0n) is 41.4. The van der Waals surface area contributed by atoms with Gasteiger partial charge in [-0.1, -0.05) is 58.8 Å². The summed E-state index contributed by atoms with van der Waals surface area (Å²) < 4.78 is 22.8. The molecule has 17 nitrogen and oxygen atoms in total. The third-order valence-corrected chi connectivity index (χ3v) is 18.6. The summed E-state index contributed by atoms with van der Waals surface area (Å²) in [5.41, 5.74) is -6.29. The van der Waals surface area contributed by atoms with Gasteiger partial charge in [-0.05, 0) is 131 Å². The number of alkyl halides is 1. The molecule has 8 aliphatic rings. The maximum atomic E-state index is 16.9. The van der Waals surface area contributed by atoms with Gasteiger partial charge in [-0.2, -0.15) is 0 Å². The second kappa shape index (κ2) is 20.6. The van der Waals surface area contributed by atoms with Crippen molar-refractivity contribution in [1.29, 1.82) is 0 Å². The number of aliphatic hydroxyl groups excluding tert-OH is 4. The summed E-state index contributed by atoms with van der Waals surface area (Å²) in [5, 5.41) is 75.7. The maximum absolute atomic E-state index is 16.9. The molecule has 15 atom stereocenters. The number of halogens is 1. The van der Waals surface area contributed by atoms with Crippen LogP contribution >= 0.6 is 0 Å². The first-order valence-electron chi connectivity index (χ1n) is 24.6. The van der Waals surface area contributed by atoms with E-state index in [4.69, 9.17) is 29.6 Å². The molecule has 70 heavy (non-hydrogen) atoms. The molecule has 0 amide bonds. The van der Waals surface area contributed by atoms with Crippen molar-refractivity contribution in [2.24, 2.45) is 57.2 Å². The third kappa shape index (κ3) is 8.95. The Morgan fingerprint density at radius 2 is 1.37 bits per heavy atom. The van der Waals surface area contributed by atoms with Gasteiger partial charge in [-0.15, -0.1) is 0 Å². The minimum absolute atomic E-state index is 0.0325. The minimum Gasteiger partial charge on any atom is -0.481 e. The second-order valence-electron chi connectivity index (χ2n) is 21.9. The highest BCUT2D eigenvalue weighted by atomic mass is 19.1. The quantitative estimate of drug-likeness (QED) is 0.121. The molecule has 0 saturated heterocycles. The predicted octanol–water partition coefficient (Wildman–Crippen LogP) is 4.66. The molecule has 0 aromatic heterocycles. The highest BCUT2D eigenvalue weighted by molar-refractivity contribution is 6.27. The lowest BCUT2D eigenvalue weighted by atomic mass is 9.44. The number of aliphatic hydroxyl groups is 5. The molecule has 6 fully saturated rings. The number of hydrogen-bond acceptors (Lipinski definition) is 14. The van der Waals surface area contributed by atoms with Crippen molar-refractivity contribution in [2.45, 2.75) is 167 Å². The van der Waals surface area contributed by atoms with E-state index in [2.05, 4.69) is 6.92 Å². The number of esters is 1. The van der Waals surface area contributed by atoms with Crippen molar-refractivity contribution in [1.82, 2.24) is 0 Å². The van der Waals surface area contributed by atoms with Gasteiger partial charge in [-0.25, -0.2) is 14.0 Å². The summed E-state index contributed by atoms with van der Waals surface area (Å²) in [6.45, 7) is 11.5. The number of carboxylic acid groups (broad SMARTS) is 3. The smallest absolute Gasteiger partial charge is 0.414 e. The van der Waals surface area contributed by atoms with Gasteiger partial charge in [-0.3, -0.25) is 28.8 Å². The van der Waals surface area contributed by atoms with Gasteiger partial charge in [0.25, 0.3) is 0 Å². The fraction of sp³-hybridized carbons (Fsp3) is 0.731. The summed E-state index contributed by atoms with van der Waals surface area (Å²) in [7, 11) is 0. The Bertz CT molecular complexity index is 2210. The lowest BCUT2D eigenvalue weighted by Gasteiger charge is -2.62. The minimum atomic E-state index is -1.98. The van der Waals surface area contributed by atoms with Crippen LogP contribution in [0.4, 0.5) is 4.39 Å². The maximum Gasteiger partial charge on any atom is 0.414 e. The van der Waals surface area contributed by atoms with Crippen molar-refractivity contribution in [3.63, 3.8) is 0 Å². The Hall–Kier alpha value is -4.49. The molecule has 0 spiro atoms. The number of aliphatic carboxylic acids is 3. The SMILES string of the molecule is CCC(=O)O.CCCC(=O)O[C@]1(C(=O)CO)CC[C@H]2[C@@H]3CCC4=CC(=O)CC[C@]4(C)[C@H]3[C@@H](O)C[C@@]21C.C[C@@H]1C[C@H]2[C@@H]3CCC4=CC(=O)C=C[C@]4(C)[C@@]3(F)[C@@H](O)C[C@]2(C)[C@@]1(O)C(=O)CO.O=C(O)C(=O)O. The van der Waals surface area contributed by atoms with Crippen LogP contribution in [0.2, 0.25) is 0 Å². The highest BCUT2D eigenvalue weighted by Gasteiger charge is 2.76. The summed E-state index contributed by atoms with van der Waals surface area (Å²) in [6, 6.07) is 0. The molecular formula is C52H73FO17. The van der Waals surface area contributed by atoms with E-state index in [1.165, 1.54) is 12.2 Å². The summed E-state index contributed by atoms with van der Waals surface area (Å²) in [6.07, 6.45) is 11.1. The Kier molecular flexibility index (Phi) is 16.6. The van der Waals surface area contributed by atoms with Crippen LogP contribution in [0.5, 0.6) is 0 Å². The van der Waals surface area contributed by atoms with Crippen LogP contribution in [0.15, 0.2) is 35.5 Å². The van der Waals surface area contributed by atoms with Crippen LogP contribution in [-0.2, 0) is 43.1 Å². The van der Waals surface area contributed by atoms with Gasteiger partial charge < -0.3 is 45.6 Å². The summed E-state index contributed by atoms with van der Waals surface area (Å²) in [4.78, 5) is 89.6. The fourth-order valence-electron chi connectivity index (χ4n) is 15.2. The molecule has 0 unspecified atom stereocenters. The molecule has 0 aromatic rings. The average molecular weight is 989 g/mol. The fourth-order valence-corrected chi connectivity index (χ4v) is 15.2. The van der Waals surface area contributed by atoms with Crippen LogP contribution < -0.4 is 0 Å². The molecule has 8 N–H and O–H groups in total. The van der Waals surface area contributed by atoms with Gasteiger partial charge in [0.2, 0.25) is 5.78 Å². The van der Waals surface area contributed by atoms with Crippen molar-refractivity contribution < 1.29 is 88.3 Å². The Morgan fingerprint density at radius 1 is 0.771 bits per heavy atom. The molecule has 0 aromatic carbocycles. The van der Waals surface area contributed by atoms with Crippen molar-refractivity contribution >= 4 is 47.0 Å². The van der Waals surface area contributed by atoms with E-state index in [1.807, 2.05) is 13.8 Å². The van der Waals surface area contributed by atoms with Crippen LogP contribution in [0.3, 0.4) is 0 Å². The third-order valence-electron chi connectivity index (χ3n) is 18.6. The number of carbonyl (C=O) groups is 8. The van der Waals surface area contributed by atoms with Crippen molar-refractivity contribution in [2.75, 3.05) is 13.2 Å². The monoisotopic (exact) mass is 988 g/mol. The number of carbonyl (C=O) groups excluding carboxylic acids is 5. The largest absolute Gasteiger partial charge is 0.481 e. The zero-order valence-corrected chi connectivity index (χ0v) is 41.4. The Labute approximate surface area is 407 Å². The van der Waals surface area contributed by atoms with E-state index in [1.54, 1.807) is 39.8 Å². The first kappa shape index (κ1) is 56.4. The number of carboxylic acids is 3.